The van der Waals surface area contributed by atoms with Crippen molar-refractivity contribution in [2.75, 3.05) is 6.54 Å². The molecule has 2 N–H and O–H groups in total. The van der Waals surface area contributed by atoms with Gasteiger partial charge in [0, 0.05) is 12.6 Å². The van der Waals surface area contributed by atoms with E-state index in [1.807, 2.05) is 19.9 Å². The third kappa shape index (κ3) is 3.34. The van der Waals surface area contributed by atoms with Crippen LogP contribution in [0.2, 0.25) is 0 Å². The highest BCUT2D eigenvalue weighted by Gasteiger charge is 2.37. The Morgan fingerprint density at radius 1 is 1.42 bits per heavy atom. The van der Waals surface area contributed by atoms with E-state index < -0.39 is 17.1 Å². The van der Waals surface area contributed by atoms with E-state index in [1.165, 1.54) is 12.1 Å². The van der Waals surface area contributed by atoms with E-state index in [4.69, 9.17) is 0 Å². The Bertz CT molecular complexity index is 867. The number of carbonyl (C=O) groups is 1. The summed E-state index contributed by atoms with van der Waals surface area (Å²) in [6.45, 7) is 4.60. The highest BCUT2D eigenvalue weighted by molar-refractivity contribution is 5.95. The van der Waals surface area contributed by atoms with Crippen molar-refractivity contribution in [1.29, 1.82) is 0 Å². The van der Waals surface area contributed by atoms with Gasteiger partial charge in [-0.15, -0.1) is 0 Å². The molecular weight excluding hydrogens is 337 g/mol. The minimum atomic E-state index is -0.691. The molecule has 1 aliphatic rings. The normalized spacial score (nSPS) is 19.3. The van der Waals surface area contributed by atoms with Crippen LogP contribution in [0.5, 0.6) is 5.75 Å². The third-order valence-electron chi connectivity index (χ3n) is 5.37. The van der Waals surface area contributed by atoms with Crippen molar-refractivity contribution in [3.8, 4) is 5.75 Å². The maximum Gasteiger partial charge on any atom is 0.276 e. The van der Waals surface area contributed by atoms with E-state index in [1.54, 1.807) is 11.0 Å². The number of aromatic amines is 1. The van der Waals surface area contributed by atoms with Crippen molar-refractivity contribution in [3.63, 3.8) is 0 Å². The average molecular weight is 359 g/mol. The van der Waals surface area contributed by atoms with E-state index in [0.29, 0.717) is 6.54 Å². The van der Waals surface area contributed by atoms with Crippen molar-refractivity contribution in [3.05, 3.63) is 57.8 Å². The molecule has 26 heavy (non-hydrogen) atoms. The van der Waals surface area contributed by atoms with Crippen molar-refractivity contribution >= 4 is 5.91 Å². The number of hydrogen-bond acceptors (Lipinski definition) is 4. The lowest BCUT2D eigenvalue weighted by Crippen LogP contribution is -2.41. The monoisotopic (exact) mass is 359 g/mol. The molecule has 138 valence electrons. The molecular formula is C19H22FN3O3. The van der Waals surface area contributed by atoms with Crippen LogP contribution in [-0.4, -0.2) is 38.7 Å². The van der Waals surface area contributed by atoms with Gasteiger partial charge >= 0.3 is 0 Å². The third-order valence-corrected chi connectivity index (χ3v) is 5.37. The quantitative estimate of drug-likeness (QED) is 0.879. The predicted molar refractivity (Wildman–Crippen MR) is 94.6 cm³/mol. The Balaban J connectivity index is 1.84. The zero-order valence-electron chi connectivity index (χ0n) is 14.8. The molecule has 0 saturated carbocycles. The number of benzene rings is 1. The molecule has 1 amide bonds. The first-order valence-electron chi connectivity index (χ1n) is 8.73. The van der Waals surface area contributed by atoms with Gasteiger partial charge in [0.05, 0.1) is 6.20 Å². The highest BCUT2D eigenvalue weighted by atomic mass is 19.1. The molecule has 1 aliphatic heterocycles. The number of amides is 1. The SMILES string of the molecule is C[C@H]([C@H](C)c1cccc(F)c1)[C@H]1CCCN1C(=O)c1[nH]ncc(=O)c1O. The summed E-state index contributed by atoms with van der Waals surface area (Å²) in [6, 6.07) is 6.43. The van der Waals surface area contributed by atoms with E-state index in [0.717, 1.165) is 24.6 Å². The van der Waals surface area contributed by atoms with Crippen LogP contribution in [-0.2, 0) is 0 Å². The van der Waals surface area contributed by atoms with E-state index in [9.17, 15) is 19.1 Å². The minimum absolute atomic E-state index is 0.0469. The second-order valence-electron chi connectivity index (χ2n) is 6.87. The summed E-state index contributed by atoms with van der Waals surface area (Å²) in [4.78, 5) is 26.1. The van der Waals surface area contributed by atoms with Crippen molar-refractivity contribution in [1.82, 2.24) is 15.1 Å². The fraction of sp³-hybridized carbons (Fsp3) is 0.421. The Morgan fingerprint density at radius 3 is 2.92 bits per heavy atom. The van der Waals surface area contributed by atoms with Crippen LogP contribution in [0, 0.1) is 11.7 Å². The van der Waals surface area contributed by atoms with Crippen molar-refractivity contribution in [2.24, 2.45) is 5.92 Å². The molecule has 1 fully saturated rings. The van der Waals surface area contributed by atoms with Gasteiger partial charge in [-0.3, -0.25) is 14.7 Å². The van der Waals surface area contributed by atoms with E-state index >= 15 is 0 Å². The number of nitrogens with one attached hydrogen (secondary N) is 1. The molecule has 3 atom stereocenters. The largest absolute Gasteiger partial charge is 0.502 e. The summed E-state index contributed by atoms with van der Waals surface area (Å²) in [5, 5.41) is 16.0. The van der Waals surface area contributed by atoms with Gasteiger partial charge in [0.25, 0.3) is 5.91 Å². The lowest BCUT2D eigenvalue weighted by molar-refractivity contribution is 0.0672. The second kappa shape index (κ2) is 7.27. The van der Waals surface area contributed by atoms with Gasteiger partial charge in [0.2, 0.25) is 5.43 Å². The number of H-pyrrole nitrogens is 1. The molecule has 2 heterocycles. The fourth-order valence-electron chi connectivity index (χ4n) is 3.70. The molecule has 0 unspecified atom stereocenters. The molecule has 1 aromatic heterocycles. The minimum Gasteiger partial charge on any atom is -0.502 e. The first-order chi connectivity index (χ1) is 12.4. The summed E-state index contributed by atoms with van der Waals surface area (Å²) in [7, 11) is 0. The molecule has 1 saturated heterocycles. The predicted octanol–water partition coefficient (Wildman–Crippen LogP) is 2.66. The molecule has 7 heteroatoms. The smallest absolute Gasteiger partial charge is 0.276 e. The van der Waals surface area contributed by atoms with Gasteiger partial charge in [0.1, 0.15) is 5.82 Å². The van der Waals surface area contributed by atoms with E-state index in [2.05, 4.69) is 10.2 Å². The zero-order chi connectivity index (χ0) is 18.8. The van der Waals surface area contributed by atoms with Gasteiger partial charge in [-0.1, -0.05) is 26.0 Å². The van der Waals surface area contributed by atoms with Gasteiger partial charge in [0.15, 0.2) is 11.4 Å². The molecule has 3 rings (SSSR count). The molecule has 1 aromatic carbocycles. The molecule has 0 aliphatic carbocycles. The Morgan fingerprint density at radius 2 is 2.19 bits per heavy atom. The van der Waals surface area contributed by atoms with Crippen molar-refractivity contribution < 1.29 is 14.3 Å². The standard InChI is InChI=1S/C19H22FN3O3/c1-11(13-5-3-6-14(20)9-13)12(2)15-7-4-8-23(15)19(26)17-18(25)16(24)10-21-22-17/h3,5-6,9-12,15H,4,7-8H2,1-2H3,(H,21,25)(H,22,24)/t11-,12+,15+/m0/s1. The number of aromatic hydroxyl groups is 1. The Labute approximate surface area is 150 Å². The fourth-order valence-corrected chi connectivity index (χ4v) is 3.70. The highest BCUT2D eigenvalue weighted by Crippen LogP contribution is 2.35. The summed E-state index contributed by atoms with van der Waals surface area (Å²) in [5.41, 5.74) is 0.00784. The van der Waals surface area contributed by atoms with Crippen molar-refractivity contribution in [2.45, 2.75) is 38.6 Å². The lowest BCUT2D eigenvalue weighted by atomic mass is 9.83. The Kier molecular flexibility index (Phi) is 5.06. The number of halogens is 1. The molecule has 2 aromatic rings. The maximum atomic E-state index is 13.5. The van der Waals surface area contributed by atoms with Gasteiger partial charge in [-0.25, -0.2) is 4.39 Å². The molecule has 0 spiro atoms. The summed E-state index contributed by atoms with van der Waals surface area (Å²) in [6.07, 6.45) is 2.59. The summed E-state index contributed by atoms with van der Waals surface area (Å²) >= 11 is 0. The van der Waals surface area contributed by atoms with Crippen LogP contribution in [0.1, 0.15) is 48.7 Å². The second-order valence-corrected chi connectivity index (χ2v) is 6.87. The number of likely N-dealkylation sites (tertiary alicyclic amines) is 1. The number of hydrogen-bond donors (Lipinski definition) is 2. The van der Waals surface area contributed by atoms with Crippen LogP contribution >= 0.6 is 0 Å². The van der Waals surface area contributed by atoms with Gasteiger partial charge < -0.3 is 10.0 Å². The average Bonchev–Trinajstić information content (AvgIpc) is 3.12. The molecule has 6 nitrogen and oxygen atoms in total. The van der Waals surface area contributed by atoms with Crippen LogP contribution in [0.4, 0.5) is 4.39 Å². The number of carbonyl (C=O) groups excluding carboxylic acids is 1. The first-order valence-corrected chi connectivity index (χ1v) is 8.73. The summed E-state index contributed by atoms with van der Waals surface area (Å²) in [5.74, 6) is -1.20. The van der Waals surface area contributed by atoms with Gasteiger partial charge in [-0.2, -0.15) is 5.10 Å². The first kappa shape index (κ1) is 18.1. The maximum absolute atomic E-state index is 13.5. The van der Waals surface area contributed by atoms with Crippen LogP contribution in [0.15, 0.2) is 35.3 Å². The van der Waals surface area contributed by atoms with Gasteiger partial charge in [-0.05, 0) is 42.4 Å². The lowest BCUT2D eigenvalue weighted by Gasteiger charge is -2.33. The van der Waals surface area contributed by atoms with Crippen LogP contribution in [0.3, 0.4) is 0 Å². The Hall–Kier alpha value is -2.70. The van der Waals surface area contributed by atoms with Crippen LogP contribution in [0.25, 0.3) is 0 Å². The number of nitrogens with zero attached hydrogens (tertiary/aromatic N) is 2. The molecule has 0 radical (unpaired) electrons. The van der Waals surface area contributed by atoms with Crippen LogP contribution < -0.4 is 5.43 Å². The topological polar surface area (TPSA) is 86.3 Å². The number of aromatic nitrogens is 2. The number of rotatable bonds is 4. The summed E-state index contributed by atoms with van der Waals surface area (Å²) < 4.78 is 13.5. The van der Waals surface area contributed by atoms with E-state index in [-0.39, 0.29) is 29.4 Å². The zero-order valence-corrected chi connectivity index (χ0v) is 14.8. The molecule has 0 bridgehead atoms.